The summed E-state index contributed by atoms with van der Waals surface area (Å²) in [6.45, 7) is 2.16. The lowest BCUT2D eigenvalue weighted by molar-refractivity contribution is -0.126. The molecule has 2 heterocycles. The third-order valence-corrected chi connectivity index (χ3v) is 5.10. The summed E-state index contributed by atoms with van der Waals surface area (Å²) >= 11 is 3.18. The molecule has 2 rings (SSSR count). The lowest BCUT2D eigenvalue weighted by atomic mass is 10.2. The van der Waals surface area contributed by atoms with Crippen LogP contribution >= 0.6 is 15.9 Å². The summed E-state index contributed by atoms with van der Waals surface area (Å²) in [5.74, 6) is -0.284. The van der Waals surface area contributed by atoms with Gasteiger partial charge in [-0.1, -0.05) is 0 Å². The minimum Gasteiger partial charge on any atom is -0.353 e. The molecule has 0 bridgehead atoms. The van der Waals surface area contributed by atoms with E-state index in [4.69, 9.17) is 0 Å². The van der Waals surface area contributed by atoms with Crippen LogP contribution in [0.3, 0.4) is 0 Å². The van der Waals surface area contributed by atoms with E-state index in [1.54, 1.807) is 6.92 Å². The van der Waals surface area contributed by atoms with Gasteiger partial charge in [0.15, 0.2) is 0 Å². The summed E-state index contributed by atoms with van der Waals surface area (Å²) in [4.78, 5) is 15.4. The van der Waals surface area contributed by atoms with Gasteiger partial charge in [-0.15, -0.1) is 0 Å². The maximum atomic E-state index is 12.4. The van der Waals surface area contributed by atoms with Gasteiger partial charge < -0.3 is 5.32 Å². The van der Waals surface area contributed by atoms with Crippen molar-refractivity contribution in [3.8, 4) is 0 Å². The monoisotopic (exact) mass is 333 g/mol. The molecule has 0 aliphatic carbocycles. The third kappa shape index (κ3) is 2.40. The Morgan fingerprint density at radius 2 is 2.22 bits per heavy atom. The summed E-state index contributed by atoms with van der Waals surface area (Å²) in [5.41, 5.74) is 0. The Balaban J connectivity index is 2.39. The minimum atomic E-state index is -3.69. The molecular formula is C10H12BrN3O3S. The number of amides is 1. The first kappa shape index (κ1) is 13.4. The Hall–Kier alpha value is -0.990. The van der Waals surface area contributed by atoms with Gasteiger partial charge in [0, 0.05) is 30.0 Å². The van der Waals surface area contributed by atoms with Crippen molar-refractivity contribution in [2.45, 2.75) is 17.9 Å². The average molecular weight is 334 g/mol. The first-order chi connectivity index (χ1) is 8.43. The van der Waals surface area contributed by atoms with Crippen LogP contribution in [0.5, 0.6) is 0 Å². The predicted octanol–water partition coefficient (Wildman–Crippen LogP) is 0.353. The lowest BCUT2D eigenvalue weighted by Crippen LogP contribution is -2.55. The van der Waals surface area contributed by atoms with E-state index < -0.39 is 16.1 Å². The summed E-state index contributed by atoms with van der Waals surface area (Å²) < 4.78 is 26.5. The smallest absolute Gasteiger partial charge is 0.245 e. The minimum absolute atomic E-state index is 0.0819. The quantitative estimate of drug-likeness (QED) is 0.847. The molecule has 1 amide bonds. The third-order valence-electron chi connectivity index (χ3n) is 2.73. The normalized spacial score (nSPS) is 21.7. The first-order valence-corrected chi connectivity index (χ1v) is 7.56. The fourth-order valence-electron chi connectivity index (χ4n) is 1.76. The van der Waals surface area contributed by atoms with Crippen molar-refractivity contribution in [1.29, 1.82) is 0 Å². The highest BCUT2D eigenvalue weighted by molar-refractivity contribution is 9.10. The molecule has 18 heavy (non-hydrogen) atoms. The molecule has 6 nitrogen and oxygen atoms in total. The van der Waals surface area contributed by atoms with Gasteiger partial charge in [0.25, 0.3) is 0 Å². The van der Waals surface area contributed by atoms with Crippen LogP contribution in [0.4, 0.5) is 0 Å². The highest BCUT2D eigenvalue weighted by atomic mass is 79.9. The molecule has 98 valence electrons. The largest absolute Gasteiger partial charge is 0.353 e. The molecular weight excluding hydrogens is 322 g/mol. The van der Waals surface area contributed by atoms with E-state index in [0.717, 1.165) is 0 Å². The fraction of sp³-hybridized carbons (Fsp3) is 0.400. The average Bonchev–Trinajstić information content (AvgIpc) is 2.32. The van der Waals surface area contributed by atoms with Crippen molar-refractivity contribution in [2.24, 2.45) is 0 Å². The Morgan fingerprint density at radius 3 is 2.89 bits per heavy atom. The number of sulfonamides is 1. The number of rotatable bonds is 2. The van der Waals surface area contributed by atoms with Crippen LogP contribution in [-0.2, 0) is 14.8 Å². The van der Waals surface area contributed by atoms with Crippen molar-refractivity contribution >= 4 is 31.9 Å². The lowest BCUT2D eigenvalue weighted by Gasteiger charge is -2.31. The molecule has 1 saturated heterocycles. The van der Waals surface area contributed by atoms with Gasteiger partial charge in [-0.3, -0.25) is 9.78 Å². The molecule has 8 heteroatoms. The molecule has 1 aromatic heterocycles. The number of piperazine rings is 1. The van der Waals surface area contributed by atoms with Gasteiger partial charge in [-0.2, -0.15) is 4.31 Å². The number of carbonyl (C=O) groups excluding carboxylic acids is 1. The number of nitrogens with one attached hydrogen (secondary N) is 1. The van der Waals surface area contributed by atoms with E-state index in [2.05, 4.69) is 26.2 Å². The zero-order valence-corrected chi connectivity index (χ0v) is 12.0. The topological polar surface area (TPSA) is 79.4 Å². The van der Waals surface area contributed by atoms with Gasteiger partial charge in [-0.05, 0) is 28.9 Å². The standard InChI is InChI=1S/C10H12BrN3O3S/c1-7-10(15)13-2-3-14(7)18(16,17)9-4-8(11)5-12-6-9/h4-7H,2-3H2,1H3,(H,13,15). The van der Waals surface area contributed by atoms with Crippen molar-refractivity contribution in [3.05, 3.63) is 22.9 Å². The second-order valence-corrected chi connectivity index (χ2v) is 6.73. The number of carbonyl (C=O) groups is 1. The first-order valence-electron chi connectivity index (χ1n) is 5.33. The van der Waals surface area contributed by atoms with Crippen molar-refractivity contribution in [2.75, 3.05) is 13.1 Å². The van der Waals surface area contributed by atoms with Crippen LogP contribution in [0.25, 0.3) is 0 Å². The van der Waals surface area contributed by atoms with Crippen LogP contribution in [0.15, 0.2) is 27.8 Å². The molecule has 0 aromatic carbocycles. The molecule has 1 N–H and O–H groups in total. The fourth-order valence-corrected chi connectivity index (χ4v) is 3.86. The number of hydrogen-bond acceptors (Lipinski definition) is 4. The maximum absolute atomic E-state index is 12.4. The molecule has 1 aromatic rings. The molecule has 0 saturated carbocycles. The Labute approximate surface area is 114 Å². The van der Waals surface area contributed by atoms with Crippen LogP contribution < -0.4 is 5.32 Å². The summed E-state index contributed by atoms with van der Waals surface area (Å²) in [6, 6.07) is 0.768. The molecule has 1 atom stereocenters. The van der Waals surface area contributed by atoms with E-state index in [1.807, 2.05) is 0 Å². The van der Waals surface area contributed by atoms with E-state index in [1.165, 1.54) is 22.8 Å². The van der Waals surface area contributed by atoms with Crippen LogP contribution in [0, 0.1) is 0 Å². The SMILES string of the molecule is CC1C(=O)NCCN1S(=O)(=O)c1cncc(Br)c1. The zero-order chi connectivity index (χ0) is 13.3. The van der Waals surface area contributed by atoms with Crippen molar-refractivity contribution in [3.63, 3.8) is 0 Å². The van der Waals surface area contributed by atoms with E-state index in [9.17, 15) is 13.2 Å². The Morgan fingerprint density at radius 1 is 1.50 bits per heavy atom. The van der Waals surface area contributed by atoms with Gasteiger partial charge in [0.2, 0.25) is 15.9 Å². The second-order valence-electron chi connectivity index (χ2n) is 3.92. The summed E-state index contributed by atoms with van der Waals surface area (Å²) in [5, 5.41) is 2.63. The Bertz CT molecular complexity index is 575. The van der Waals surface area contributed by atoms with E-state index in [0.29, 0.717) is 11.0 Å². The molecule has 1 unspecified atom stereocenters. The number of aromatic nitrogens is 1. The molecule has 0 spiro atoms. The van der Waals surface area contributed by atoms with Crippen molar-refractivity contribution < 1.29 is 13.2 Å². The highest BCUT2D eigenvalue weighted by Gasteiger charge is 2.35. The second kappa shape index (κ2) is 4.94. The van der Waals surface area contributed by atoms with E-state index >= 15 is 0 Å². The highest BCUT2D eigenvalue weighted by Crippen LogP contribution is 2.21. The van der Waals surface area contributed by atoms with Gasteiger partial charge in [-0.25, -0.2) is 8.42 Å². The Kier molecular flexibility index (Phi) is 3.69. The maximum Gasteiger partial charge on any atom is 0.245 e. The molecule has 1 fully saturated rings. The van der Waals surface area contributed by atoms with Gasteiger partial charge in [0.05, 0.1) is 0 Å². The van der Waals surface area contributed by atoms with Crippen LogP contribution in [0.1, 0.15) is 6.92 Å². The predicted molar refractivity (Wildman–Crippen MR) is 68.3 cm³/mol. The molecule has 1 aliphatic rings. The summed E-state index contributed by atoms with van der Waals surface area (Å²) in [6.07, 6.45) is 2.78. The van der Waals surface area contributed by atoms with Crippen LogP contribution in [0.2, 0.25) is 0 Å². The van der Waals surface area contributed by atoms with Crippen LogP contribution in [-0.4, -0.2) is 42.7 Å². The van der Waals surface area contributed by atoms with E-state index in [-0.39, 0.29) is 17.3 Å². The van der Waals surface area contributed by atoms with Crippen molar-refractivity contribution in [1.82, 2.24) is 14.6 Å². The summed E-state index contributed by atoms with van der Waals surface area (Å²) in [7, 11) is -3.69. The van der Waals surface area contributed by atoms with Gasteiger partial charge >= 0.3 is 0 Å². The number of nitrogens with zero attached hydrogens (tertiary/aromatic N) is 2. The number of halogens is 1. The van der Waals surface area contributed by atoms with Gasteiger partial charge in [0.1, 0.15) is 10.9 Å². The molecule has 1 aliphatic heterocycles. The number of pyridine rings is 1. The zero-order valence-electron chi connectivity index (χ0n) is 9.63. The molecule has 0 radical (unpaired) electrons. The number of hydrogen-bond donors (Lipinski definition) is 1.